The molecule has 0 N–H and O–H groups in total. The summed E-state index contributed by atoms with van der Waals surface area (Å²) in [7, 11) is 2.09. The molecule has 0 aliphatic rings. The minimum absolute atomic E-state index is 0.780. The van der Waals surface area contributed by atoms with Crippen LogP contribution in [0.3, 0.4) is 0 Å². The molecule has 1 rings (SSSR count). The summed E-state index contributed by atoms with van der Waals surface area (Å²) in [5, 5.41) is 0.780. The fourth-order valence-electron chi connectivity index (χ4n) is 1.07. The lowest BCUT2D eigenvalue weighted by Crippen LogP contribution is -2.16. The predicted octanol–water partition coefficient (Wildman–Crippen LogP) is 3.55. The predicted molar refractivity (Wildman–Crippen MR) is 61.2 cm³/mol. The van der Waals surface area contributed by atoms with Gasteiger partial charge >= 0.3 is 0 Å². The van der Waals surface area contributed by atoms with Crippen molar-refractivity contribution in [1.29, 1.82) is 0 Å². The number of nitrogens with zero attached hydrogens (tertiary/aromatic N) is 1. The molecule has 0 aromatic heterocycles. The third-order valence-electron chi connectivity index (χ3n) is 2.01. The Balaban J connectivity index is 2.83. The van der Waals surface area contributed by atoms with Crippen molar-refractivity contribution in [1.82, 2.24) is 4.90 Å². The molecule has 0 unspecified atom stereocenters. The summed E-state index contributed by atoms with van der Waals surface area (Å²) in [6.45, 7) is 4.11. The fourth-order valence-corrected chi connectivity index (χ4v) is 1.66. The van der Waals surface area contributed by atoms with Gasteiger partial charge in [0.05, 0.1) is 5.02 Å². The Morgan fingerprint density at radius 2 is 2.15 bits per heavy atom. The van der Waals surface area contributed by atoms with E-state index in [4.69, 9.17) is 11.6 Å². The van der Waals surface area contributed by atoms with Crippen molar-refractivity contribution in [2.75, 3.05) is 13.6 Å². The van der Waals surface area contributed by atoms with E-state index in [0.717, 1.165) is 22.6 Å². The second-order valence-corrected chi connectivity index (χ2v) is 4.24. The van der Waals surface area contributed by atoms with Gasteiger partial charge in [-0.15, -0.1) is 0 Å². The molecule has 13 heavy (non-hydrogen) atoms. The second kappa shape index (κ2) is 4.99. The van der Waals surface area contributed by atoms with Crippen molar-refractivity contribution in [2.45, 2.75) is 13.5 Å². The molecular weight excluding hydrogens is 249 g/mol. The van der Waals surface area contributed by atoms with Crippen molar-refractivity contribution in [3.05, 3.63) is 33.3 Å². The van der Waals surface area contributed by atoms with Crippen LogP contribution in [-0.4, -0.2) is 18.5 Å². The van der Waals surface area contributed by atoms with E-state index in [9.17, 15) is 0 Å². The highest BCUT2D eigenvalue weighted by Crippen LogP contribution is 2.26. The van der Waals surface area contributed by atoms with Crippen LogP contribution in [0.1, 0.15) is 12.5 Å². The topological polar surface area (TPSA) is 3.24 Å². The molecular formula is C10H13BrClN. The molecule has 0 fully saturated rings. The molecule has 0 amide bonds. The lowest BCUT2D eigenvalue weighted by atomic mass is 10.2. The van der Waals surface area contributed by atoms with Gasteiger partial charge in [0, 0.05) is 11.0 Å². The minimum atomic E-state index is 0.780. The normalized spacial score (nSPS) is 10.8. The van der Waals surface area contributed by atoms with E-state index in [-0.39, 0.29) is 0 Å². The Labute approximate surface area is 92.8 Å². The molecule has 0 spiro atoms. The molecule has 72 valence electrons. The fraction of sp³-hybridized carbons (Fsp3) is 0.400. The first-order chi connectivity index (χ1) is 6.15. The van der Waals surface area contributed by atoms with Gasteiger partial charge < -0.3 is 4.90 Å². The Kier molecular flexibility index (Phi) is 4.23. The maximum Gasteiger partial charge on any atom is 0.0551 e. The molecule has 0 aliphatic heterocycles. The van der Waals surface area contributed by atoms with Crippen molar-refractivity contribution in [2.24, 2.45) is 0 Å². The average Bonchev–Trinajstić information content (AvgIpc) is 2.13. The van der Waals surface area contributed by atoms with E-state index in [1.54, 1.807) is 0 Å². The molecule has 0 aliphatic carbocycles. The highest BCUT2D eigenvalue weighted by Gasteiger charge is 2.04. The summed E-state index contributed by atoms with van der Waals surface area (Å²) < 4.78 is 1.01. The lowest BCUT2D eigenvalue weighted by Gasteiger charge is -2.15. The molecule has 0 bridgehead atoms. The van der Waals surface area contributed by atoms with E-state index >= 15 is 0 Å². The molecule has 1 aromatic rings. The van der Waals surface area contributed by atoms with Crippen molar-refractivity contribution < 1.29 is 0 Å². The number of halogens is 2. The van der Waals surface area contributed by atoms with Crippen LogP contribution < -0.4 is 0 Å². The molecule has 0 atom stereocenters. The van der Waals surface area contributed by atoms with E-state index in [1.165, 1.54) is 5.56 Å². The first kappa shape index (κ1) is 11.0. The van der Waals surface area contributed by atoms with Crippen molar-refractivity contribution in [3.8, 4) is 0 Å². The van der Waals surface area contributed by atoms with Gasteiger partial charge in [-0.3, -0.25) is 0 Å². The SMILES string of the molecule is CCN(C)Cc1cccc(Cl)c1Br. The lowest BCUT2D eigenvalue weighted by molar-refractivity contribution is 0.345. The molecule has 1 aromatic carbocycles. The Morgan fingerprint density at radius 1 is 1.46 bits per heavy atom. The van der Waals surface area contributed by atoms with Crippen LogP contribution in [-0.2, 0) is 6.54 Å². The van der Waals surface area contributed by atoms with Gasteiger partial charge in [0.2, 0.25) is 0 Å². The second-order valence-electron chi connectivity index (χ2n) is 3.04. The summed E-state index contributed by atoms with van der Waals surface area (Å²) >= 11 is 9.45. The summed E-state index contributed by atoms with van der Waals surface area (Å²) in [6.07, 6.45) is 0. The largest absolute Gasteiger partial charge is 0.302 e. The zero-order valence-electron chi connectivity index (χ0n) is 7.85. The van der Waals surface area contributed by atoms with Crippen LogP contribution in [0, 0.1) is 0 Å². The van der Waals surface area contributed by atoms with Gasteiger partial charge in [0.1, 0.15) is 0 Å². The third kappa shape index (κ3) is 2.97. The molecule has 0 heterocycles. The highest BCUT2D eigenvalue weighted by molar-refractivity contribution is 9.10. The van der Waals surface area contributed by atoms with Gasteiger partial charge in [-0.1, -0.05) is 30.7 Å². The van der Waals surface area contributed by atoms with E-state index in [2.05, 4.69) is 40.9 Å². The summed E-state index contributed by atoms with van der Waals surface area (Å²) in [4.78, 5) is 2.23. The number of benzene rings is 1. The summed E-state index contributed by atoms with van der Waals surface area (Å²) in [6, 6.07) is 5.95. The van der Waals surface area contributed by atoms with Gasteiger partial charge in [-0.05, 0) is 41.2 Å². The maximum atomic E-state index is 5.98. The van der Waals surface area contributed by atoms with Crippen molar-refractivity contribution in [3.63, 3.8) is 0 Å². The molecule has 1 nitrogen and oxygen atoms in total. The van der Waals surface area contributed by atoms with E-state index in [0.29, 0.717) is 0 Å². The monoisotopic (exact) mass is 261 g/mol. The molecule has 3 heteroatoms. The van der Waals surface area contributed by atoms with Gasteiger partial charge in [0.25, 0.3) is 0 Å². The molecule has 0 saturated heterocycles. The van der Waals surface area contributed by atoms with E-state index < -0.39 is 0 Å². The quantitative estimate of drug-likeness (QED) is 0.805. The Hall–Kier alpha value is -0.0500. The van der Waals surface area contributed by atoms with Gasteiger partial charge in [-0.25, -0.2) is 0 Å². The summed E-state index contributed by atoms with van der Waals surface area (Å²) in [5.41, 5.74) is 1.23. The first-order valence-corrected chi connectivity index (χ1v) is 5.43. The number of rotatable bonds is 3. The molecule has 0 radical (unpaired) electrons. The zero-order valence-corrected chi connectivity index (χ0v) is 10.2. The Bertz CT molecular complexity index is 288. The number of hydrogen-bond acceptors (Lipinski definition) is 1. The zero-order chi connectivity index (χ0) is 9.84. The third-order valence-corrected chi connectivity index (χ3v) is 3.49. The van der Waals surface area contributed by atoms with Crippen LogP contribution in [0.25, 0.3) is 0 Å². The van der Waals surface area contributed by atoms with E-state index in [1.807, 2.05) is 12.1 Å². The number of hydrogen-bond donors (Lipinski definition) is 0. The van der Waals surface area contributed by atoms with Crippen LogP contribution in [0.15, 0.2) is 22.7 Å². The average molecular weight is 263 g/mol. The minimum Gasteiger partial charge on any atom is -0.302 e. The Morgan fingerprint density at radius 3 is 2.77 bits per heavy atom. The van der Waals surface area contributed by atoms with Gasteiger partial charge in [-0.2, -0.15) is 0 Å². The van der Waals surface area contributed by atoms with Crippen molar-refractivity contribution >= 4 is 27.5 Å². The smallest absolute Gasteiger partial charge is 0.0551 e. The van der Waals surface area contributed by atoms with Gasteiger partial charge in [0.15, 0.2) is 0 Å². The van der Waals surface area contributed by atoms with Crippen LogP contribution >= 0.6 is 27.5 Å². The maximum absolute atomic E-state index is 5.98. The highest BCUT2D eigenvalue weighted by atomic mass is 79.9. The van der Waals surface area contributed by atoms with Crippen LogP contribution in [0.4, 0.5) is 0 Å². The molecule has 0 saturated carbocycles. The van der Waals surface area contributed by atoms with Crippen LogP contribution in [0.2, 0.25) is 5.02 Å². The van der Waals surface area contributed by atoms with Crippen LogP contribution in [0.5, 0.6) is 0 Å². The summed E-state index contributed by atoms with van der Waals surface area (Å²) in [5.74, 6) is 0. The standard InChI is InChI=1S/C10H13BrClN/c1-3-13(2)7-8-5-4-6-9(12)10(8)11/h4-6H,3,7H2,1-2H3. The first-order valence-electron chi connectivity index (χ1n) is 4.26.